The van der Waals surface area contributed by atoms with Crippen LogP contribution in [0.5, 0.6) is 0 Å². The van der Waals surface area contributed by atoms with Gasteiger partial charge in [-0.1, -0.05) is 0 Å². The maximum atomic E-state index is 5.90. The predicted molar refractivity (Wildman–Crippen MR) is 60.6 cm³/mol. The van der Waals surface area contributed by atoms with Crippen molar-refractivity contribution in [1.29, 1.82) is 0 Å². The number of alkyl halides is 3. The van der Waals surface area contributed by atoms with Gasteiger partial charge in [-0.15, -0.1) is 34.8 Å². The van der Waals surface area contributed by atoms with Gasteiger partial charge in [0.25, 0.3) is 0 Å². The molecule has 0 aliphatic carbocycles. The van der Waals surface area contributed by atoms with E-state index in [4.69, 9.17) is 49.0 Å². The van der Waals surface area contributed by atoms with Crippen LogP contribution >= 0.6 is 34.8 Å². The highest BCUT2D eigenvalue weighted by atomic mass is 35.5. The van der Waals surface area contributed by atoms with Gasteiger partial charge in [0.05, 0.1) is 16.1 Å². The molecule has 0 aromatic heterocycles. The van der Waals surface area contributed by atoms with Crippen molar-refractivity contribution in [3.8, 4) is 0 Å². The lowest BCUT2D eigenvalue weighted by atomic mass is 10.3. The molecule has 0 unspecified atom stereocenters. The van der Waals surface area contributed by atoms with Crippen molar-refractivity contribution >= 4 is 34.8 Å². The molecule has 6 heteroatoms. The van der Waals surface area contributed by atoms with Crippen molar-refractivity contribution < 1.29 is 14.2 Å². The average molecular weight is 278 g/mol. The predicted octanol–water partition coefficient (Wildman–Crippen LogP) is 2.91. The van der Waals surface area contributed by atoms with Gasteiger partial charge in [-0.2, -0.15) is 0 Å². The Morgan fingerprint density at radius 3 is 1.00 bits per heavy atom. The fourth-order valence-electron chi connectivity index (χ4n) is 1.14. The van der Waals surface area contributed by atoms with Crippen LogP contribution in [0.4, 0.5) is 0 Å². The van der Waals surface area contributed by atoms with Crippen LogP contribution in [0.2, 0.25) is 0 Å². The zero-order valence-corrected chi connectivity index (χ0v) is 11.1. The fourth-order valence-corrected chi connectivity index (χ4v) is 1.50. The normalized spacial score (nSPS) is 38.4. The van der Waals surface area contributed by atoms with Crippen LogP contribution in [0.1, 0.15) is 20.8 Å². The van der Waals surface area contributed by atoms with E-state index in [9.17, 15) is 0 Å². The summed E-state index contributed by atoms with van der Waals surface area (Å²) in [7, 11) is 0. The van der Waals surface area contributed by atoms with Crippen molar-refractivity contribution in [2.24, 2.45) is 0 Å². The average Bonchev–Trinajstić information content (AvgIpc) is 2.16. The summed E-state index contributed by atoms with van der Waals surface area (Å²) in [6.45, 7) is 5.34. The largest absolute Gasteiger partial charge is 0.320 e. The minimum absolute atomic E-state index is 0.287. The number of rotatable bonds is 3. The van der Waals surface area contributed by atoms with Crippen molar-refractivity contribution in [1.82, 2.24) is 0 Å². The van der Waals surface area contributed by atoms with Gasteiger partial charge in [0.1, 0.15) is 0 Å². The first-order valence-electron chi connectivity index (χ1n) is 4.80. The maximum Gasteiger partial charge on any atom is 0.179 e. The van der Waals surface area contributed by atoms with Crippen molar-refractivity contribution in [2.45, 2.75) is 55.8 Å². The molecule has 1 rings (SSSR count). The Bertz CT molecular complexity index is 160. The van der Waals surface area contributed by atoms with Crippen LogP contribution in [0.15, 0.2) is 0 Å². The Hall–Kier alpha value is 0.750. The lowest BCUT2D eigenvalue weighted by Gasteiger charge is -2.38. The molecule has 0 bridgehead atoms. The molecule has 0 aromatic carbocycles. The lowest BCUT2D eigenvalue weighted by molar-refractivity contribution is -0.380. The molecule has 1 saturated heterocycles. The van der Waals surface area contributed by atoms with E-state index in [1.807, 2.05) is 0 Å². The van der Waals surface area contributed by atoms with Crippen LogP contribution in [0, 0.1) is 0 Å². The SMILES string of the molecule is C[C@@H](Cl)C1OC([C@@H](C)Cl)OC([C@@H](C)Cl)O1. The van der Waals surface area contributed by atoms with Gasteiger partial charge in [-0.25, -0.2) is 0 Å². The summed E-state index contributed by atoms with van der Waals surface area (Å²) in [6, 6.07) is 0. The van der Waals surface area contributed by atoms with Crippen LogP contribution < -0.4 is 0 Å². The summed E-state index contributed by atoms with van der Waals surface area (Å²) < 4.78 is 16.3. The fraction of sp³-hybridized carbons (Fsp3) is 1.00. The minimum atomic E-state index is -0.544. The Kier molecular flexibility index (Phi) is 5.43. The summed E-state index contributed by atoms with van der Waals surface area (Å²) in [5.41, 5.74) is 0. The van der Waals surface area contributed by atoms with E-state index in [-0.39, 0.29) is 16.1 Å². The molecule has 0 amide bonds. The molecule has 0 saturated carbocycles. The van der Waals surface area contributed by atoms with E-state index in [1.165, 1.54) is 0 Å². The van der Waals surface area contributed by atoms with Gasteiger partial charge < -0.3 is 14.2 Å². The van der Waals surface area contributed by atoms with Crippen molar-refractivity contribution in [2.75, 3.05) is 0 Å². The molecule has 90 valence electrons. The Balaban J connectivity index is 2.64. The van der Waals surface area contributed by atoms with E-state index in [1.54, 1.807) is 20.8 Å². The number of ether oxygens (including phenoxy) is 3. The zero-order valence-electron chi connectivity index (χ0n) is 8.82. The first-order valence-corrected chi connectivity index (χ1v) is 6.11. The molecule has 3 nitrogen and oxygen atoms in total. The quantitative estimate of drug-likeness (QED) is 0.743. The monoisotopic (exact) mass is 276 g/mol. The molecule has 1 heterocycles. The molecule has 1 fully saturated rings. The van der Waals surface area contributed by atoms with Crippen molar-refractivity contribution in [3.05, 3.63) is 0 Å². The first kappa shape index (κ1) is 13.8. The van der Waals surface area contributed by atoms with Gasteiger partial charge in [-0.05, 0) is 20.8 Å². The topological polar surface area (TPSA) is 27.7 Å². The van der Waals surface area contributed by atoms with Gasteiger partial charge in [0, 0.05) is 0 Å². The summed E-state index contributed by atoms with van der Waals surface area (Å²) >= 11 is 17.7. The second kappa shape index (κ2) is 5.89. The highest BCUT2D eigenvalue weighted by Crippen LogP contribution is 2.27. The number of hydrogen-bond donors (Lipinski definition) is 0. The summed E-state index contributed by atoms with van der Waals surface area (Å²) in [6.07, 6.45) is -1.63. The third kappa shape index (κ3) is 3.91. The molecule has 3 atom stereocenters. The third-order valence-electron chi connectivity index (χ3n) is 1.93. The maximum absolute atomic E-state index is 5.90. The van der Waals surface area contributed by atoms with E-state index in [2.05, 4.69) is 0 Å². The highest BCUT2D eigenvalue weighted by molar-refractivity contribution is 6.21. The standard InChI is InChI=1S/C9H15Cl3O3/c1-4(10)7-13-8(5(2)11)15-9(14-7)6(3)12/h4-9H,1-3H3/t4-,5-,6-,7?,8?,9?/m1/s1. The summed E-state index contributed by atoms with van der Waals surface area (Å²) in [5, 5.41) is -0.862. The first-order chi connectivity index (χ1) is 6.91. The molecule has 1 aliphatic rings. The number of hydrogen-bond acceptors (Lipinski definition) is 3. The van der Waals surface area contributed by atoms with E-state index < -0.39 is 18.9 Å². The Morgan fingerprint density at radius 2 is 0.867 bits per heavy atom. The van der Waals surface area contributed by atoms with E-state index in [0.29, 0.717) is 0 Å². The number of halogens is 3. The van der Waals surface area contributed by atoms with Crippen LogP contribution in [-0.4, -0.2) is 35.0 Å². The Labute approximate surface area is 105 Å². The summed E-state index contributed by atoms with van der Waals surface area (Å²) in [5.74, 6) is 0. The van der Waals surface area contributed by atoms with E-state index >= 15 is 0 Å². The van der Waals surface area contributed by atoms with E-state index in [0.717, 1.165) is 0 Å². The van der Waals surface area contributed by atoms with Gasteiger partial charge in [-0.3, -0.25) is 0 Å². The Morgan fingerprint density at radius 1 is 0.667 bits per heavy atom. The van der Waals surface area contributed by atoms with Crippen LogP contribution in [0.25, 0.3) is 0 Å². The summed E-state index contributed by atoms with van der Waals surface area (Å²) in [4.78, 5) is 0. The van der Waals surface area contributed by atoms with Gasteiger partial charge in [0.2, 0.25) is 0 Å². The smallest absolute Gasteiger partial charge is 0.179 e. The molecule has 1 aliphatic heterocycles. The third-order valence-corrected chi connectivity index (χ3v) is 2.55. The van der Waals surface area contributed by atoms with Gasteiger partial charge >= 0.3 is 0 Å². The molecule has 0 aromatic rings. The highest BCUT2D eigenvalue weighted by Gasteiger charge is 2.37. The molecule has 15 heavy (non-hydrogen) atoms. The zero-order chi connectivity index (χ0) is 11.6. The molecule has 0 spiro atoms. The lowest BCUT2D eigenvalue weighted by Crippen LogP contribution is -2.49. The second-order valence-corrected chi connectivity index (χ2v) is 5.61. The van der Waals surface area contributed by atoms with Gasteiger partial charge in [0.15, 0.2) is 18.9 Å². The molecular weight excluding hydrogens is 262 g/mol. The van der Waals surface area contributed by atoms with Crippen LogP contribution in [0.3, 0.4) is 0 Å². The molecular formula is C9H15Cl3O3. The molecule has 0 N–H and O–H groups in total. The minimum Gasteiger partial charge on any atom is -0.320 e. The van der Waals surface area contributed by atoms with Crippen LogP contribution in [-0.2, 0) is 14.2 Å². The second-order valence-electron chi connectivity index (χ2n) is 3.55. The van der Waals surface area contributed by atoms with Crippen molar-refractivity contribution in [3.63, 3.8) is 0 Å². The molecule has 0 radical (unpaired) electrons.